The van der Waals surface area contributed by atoms with Crippen LogP contribution in [0.4, 0.5) is 14.6 Å². The summed E-state index contributed by atoms with van der Waals surface area (Å²) in [5.74, 6) is -3.06. The molecule has 1 aromatic heterocycles. The van der Waals surface area contributed by atoms with Gasteiger partial charge in [-0.05, 0) is 74.2 Å². The minimum atomic E-state index is -1.02. The Morgan fingerprint density at radius 3 is 2.29 bits per heavy atom. The van der Waals surface area contributed by atoms with Crippen molar-refractivity contribution < 1.29 is 23.1 Å². The van der Waals surface area contributed by atoms with Crippen molar-refractivity contribution in [2.75, 3.05) is 12.8 Å². The summed E-state index contributed by atoms with van der Waals surface area (Å²) in [6.07, 6.45) is 3.83. The molecule has 0 unspecified atom stereocenters. The van der Waals surface area contributed by atoms with Crippen LogP contribution in [0.3, 0.4) is 0 Å². The van der Waals surface area contributed by atoms with Crippen molar-refractivity contribution in [2.24, 2.45) is 0 Å². The number of rotatable bonds is 9. The van der Waals surface area contributed by atoms with E-state index in [1.807, 2.05) is 42.3 Å². The highest BCUT2D eigenvalue weighted by molar-refractivity contribution is 6.11. The molecule has 9 heteroatoms. The van der Waals surface area contributed by atoms with Gasteiger partial charge in [0.05, 0.1) is 16.8 Å². The number of anilines is 1. The lowest BCUT2D eigenvalue weighted by atomic mass is 10.0. The molecule has 42 heavy (non-hydrogen) atoms. The average molecular weight is 572 g/mol. The van der Waals surface area contributed by atoms with Crippen LogP contribution in [0.2, 0.25) is 0 Å². The monoisotopic (exact) mass is 571 g/mol. The maximum atomic E-state index is 14.3. The highest BCUT2D eigenvalue weighted by atomic mass is 19.1. The Bertz CT molecular complexity index is 1650. The molecule has 3 aromatic carbocycles. The zero-order valence-corrected chi connectivity index (χ0v) is 23.1. The highest BCUT2D eigenvalue weighted by Crippen LogP contribution is 2.28. The molecule has 4 aromatic rings. The molecule has 1 saturated carbocycles. The van der Waals surface area contributed by atoms with E-state index >= 15 is 0 Å². The van der Waals surface area contributed by atoms with E-state index in [9.17, 15) is 23.2 Å². The highest BCUT2D eigenvalue weighted by Gasteiger charge is 2.30. The number of carbonyl (C=O) groups excluding carboxylic acids is 2. The van der Waals surface area contributed by atoms with Gasteiger partial charge in [0.15, 0.2) is 5.78 Å². The van der Waals surface area contributed by atoms with Crippen LogP contribution in [0.15, 0.2) is 89.7 Å². The minimum absolute atomic E-state index is 0.0534. The second-order valence-electron chi connectivity index (χ2n) is 10.5. The summed E-state index contributed by atoms with van der Waals surface area (Å²) in [5.41, 5.74) is 7.42. The number of ether oxygens (including phenoxy) is 1. The summed E-state index contributed by atoms with van der Waals surface area (Å²) in [6.45, 7) is 0.409. The lowest BCUT2D eigenvalue weighted by Gasteiger charge is -2.28. The lowest BCUT2D eigenvalue weighted by molar-refractivity contribution is -0.155. The molecule has 0 bridgehead atoms. The van der Waals surface area contributed by atoms with Gasteiger partial charge < -0.3 is 10.5 Å². The number of nitrogen functional groups attached to an aromatic ring is 1. The summed E-state index contributed by atoms with van der Waals surface area (Å²) >= 11 is 0. The molecule has 216 valence electrons. The smallest absolute Gasteiger partial charge is 0.328 e. The molecule has 1 fully saturated rings. The number of carbonyl (C=O) groups is 2. The molecule has 0 spiro atoms. The third-order valence-electron chi connectivity index (χ3n) is 7.54. The van der Waals surface area contributed by atoms with Crippen molar-refractivity contribution >= 4 is 17.6 Å². The number of aromatic nitrogens is 1. The van der Waals surface area contributed by atoms with Gasteiger partial charge in [-0.3, -0.25) is 19.1 Å². The molecule has 1 aliphatic carbocycles. The topological polar surface area (TPSA) is 94.6 Å². The fourth-order valence-electron chi connectivity index (χ4n) is 5.40. The maximum Gasteiger partial charge on any atom is 0.328 e. The van der Waals surface area contributed by atoms with Crippen LogP contribution in [-0.2, 0) is 16.1 Å². The van der Waals surface area contributed by atoms with E-state index in [0.717, 1.165) is 53.5 Å². The predicted molar refractivity (Wildman–Crippen MR) is 155 cm³/mol. The van der Waals surface area contributed by atoms with Crippen molar-refractivity contribution in [2.45, 2.75) is 44.4 Å². The van der Waals surface area contributed by atoms with Gasteiger partial charge in [-0.2, -0.15) is 0 Å². The third kappa shape index (κ3) is 6.16. The van der Waals surface area contributed by atoms with E-state index in [4.69, 9.17) is 10.5 Å². The zero-order valence-electron chi connectivity index (χ0n) is 23.1. The summed E-state index contributed by atoms with van der Waals surface area (Å²) < 4.78 is 34.7. The van der Waals surface area contributed by atoms with Gasteiger partial charge in [-0.25, -0.2) is 13.6 Å². The van der Waals surface area contributed by atoms with E-state index in [2.05, 4.69) is 0 Å². The molecule has 1 aliphatic rings. The van der Waals surface area contributed by atoms with Crippen LogP contribution in [0.5, 0.6) is 0 Å². The van der Waals surface area contributed by atoms with Crippen molar-refractivity contribution in [1.29, 1.82) is 0 Å². The van der Waals surface area contributed by atoms with Crippen LogP contribution in [-0.4, -0.2) is 34.4 Å². The van der Waals surface area contributed by atoms with Crippen LogP contribution in [0.25, 0.3) is 5.69 Å². The van der Waals surface area contributed by atoms with Gasteiger partial charge in [0.1, 0.15) is 29.6 Å². The number of benzene rings is 3. The number of halogens is 2. The molecule has 7 nitrogen and oxygen atoms in total. The zero-order chi connectivity index (χ0) is 29.8. The number of pyridine rings is 1. The second-order valence-corrected chi connectivity index (χ2v) is 10.5. The SMILES string of the molecule is CN(Cc1ccc(-n2c(N)c(C(=O)c3ccc(F)cc3F)ccc2=O)cc1)[C@H](C(=O)OC1CCCC1)c1ccccc1. The van der Waals surface area contributed by atoms with Gasteiger partial charge in [0.25, 0.3) is 5.56 Å². The summed E-state index contributed by atoms with van der Waals surface area (Å²) in [4.78, 5) is 41.0. The Morgan fingerprint density at radius 1 is 0.952 bits per heavy atom. The number of nitrogens with two attached hydrogens (primary N) is 1. The number of esters is 1. The minimum Gasteiger partial charge on any atom is -0.461 e. The van der Waals surface area contributed by atoms with Crippen molar-refractivity contribution in [3.63, 3.8) is 0 Å². The molecule has 0 aliphatic heterocycles. The number of likely N-dealkylation sites (N-methyl/N-ethyl adjacent to an activating group) is 1. The molecule has 1 heterocycles. The number of hydrogen-bond donors (Lipinski definition) is 1. The molecule has 0 saturated heterocycles. The Balaban J connectivity index is 1.38. The first-order valence-corrected chi connectivity index (χ1v) is 13.8. The predicted octanol–water partition coefficient (Wildman–Crippen LogP) is 5.59. The number of ketones is 1. The summed E-state index contributed by atoms with van der Waals surface area (Å²) in [5, 5.41) is 0. The van der Waals surface area contributed by atoms with E-state index in [0.29, 0.717) is 18.3 Å². The van der Waals surface area contributed by atoms with Gasteiger partial charge >= 0.3 is 5.97 Å². The van der Waals surface area contributed by atoms with Gasteiger partial charge in [0.2, 0.25) is 0 Å². The largest absolute Gasteiger partial charge is 0.461 e. The van der Waals surface area contributed by atoms with Gasteiger partial charge in [-0.15, -0.1) is 0 Å². The normalized spacial score (nSPS) is 14.2. The van der Waals surface area contributed by atoms with E-state index < -0.39 is 29.0 Å². The molecular weight excluding hydrogens is 540 g/mol. The van der Waals surface area contributed by atoms with Crippen LogP contribution in [0.1, 0.15) is 58.8 Å². The first kappa shape index (κ1) is 28.9. The van der Waals surface area contributed by atoms with Gasteiger partial charge in [0, 0.05) is 18.7 Å². The Hall–Kier alpha value is -4.63. The standard InChI is InChI=1S/C33H31F2N3O4/c1-37(30(22-7-3-2-4-8-22)33(41)42-25-9-5-6-10-25)20-21-11-14-24(15-12-21)38-29(39)18-17-27(32(38)36)31(40)26-16-13-23(34)19-28(26)35/h2-4,7-8,11-19,25,30H,5-6,9-10,20,36H2,1H3/t30-/m0/s1. The van der Waals surface area contributed by atoms with Crippen molar-refractivity contribution in [3.05, 3.63) is 129 Å². The molecule has 0 amide bonds. The Kier molecular flexibility index (Phi) is 8.59. The maximum absolute atomic E-state index is 14.3. The quantitative estimate of drug-likeness (QED) is 0.208. The van der Waals surface area contributed by atoms with Crippen LogP contribution < -0.4 is 11.3 Å². The fourth-order valence-corrected chi connectivity index (χ4v) is 5.40. The average Bonchev–Trinajstić information content (AvgIpc) is 3.47. The van der Waals surface area contributed by atoms with E-state index in [1.165, 1.54) is 12.1 Å². The third-order valence-corrected chi connectivity index (χ3v) is 7.54. The first-order chi connectivity index (χ1) is 20.2. The van der Waals surface area contributed by atoms with Gasteiger partial charge in [-0.1, -0.05) is 42.5 Å². The molecular formula is C33H31F2N3O4. The first-order valence-electron chi connectivity index (χ1n) is 13.8. The second kappa shape index (κ2) is 12.5. The van der Waals surface area contributed by atoms with E-state index in [1.54, 1.807) is 24.3 Å². The summed E-state index contributed by atoms with van der Waals surface area (Å²) in [6, 6.07) is 20.9. The van der Waals surface area contributed by atoms with Crippen molar-refractivity contribution in [3.8, 4) is 5.69 Å². The molecule has 0 radical (unpaired) electrons. The lowest BCUT2D eigenvalue weighted by Crippen LogP contribution is -2.33. The number of hydrogen-bond acceptors (Lipinski definition) is 6. The van der Waals surface area contributed by atoms with E-state index in [-0.39, 0.29) is 29.0 Å². The molecule has 2 N–H and O–H groups in total. The molecule has 5 rings (SSSR count). The number of nitrogens with zero attached hydrogens (tertiary/aromatic N) is 2. The Morgan fingerprint density at radius 2 is 1.62 bits per heavy atom. The Labute approximate surface area is 242 Å². The fraction of sp³-hybridized carbons (Fsp3) is 0.242. The van der Waals surface area contributed by atoms with Crippen LogP contribution >= 0.6 is 0 Å². The molecule has 1 atom stereocenters. The van der Waals surface area contributed by atoms with Crippen LogP contribution in [0, 0.1) is 11.6 Å². The van der Waals surface area contributed by atoms with Crippen molar-refractivity contribution in [1.82, 2.24) is 9.47 Å². The summed E-state index contributed by atoms with van der Waals surface area (Å²) in [7, 11) is 1.85.